The Labute approximate surface area is 131 Å². The first kappa shape index (κ1) is 17.1. The summed E-state index contributed by atoms with van der Waals surface area (Å²) in [6.45, 7) is 3.09. The lowest BCUT2D eigenvalue weighted by Gasteiger charge is -2.20. The second kappa shape index (κ2) is 7.30. The first-order valence-corrected chi connectivity index (χ1v) is 7.34. The van der Waals surface area contributed by atoms with Crippen molar-refractivity contribution in [2.24, 2.45) is 0 Å². The minimum atomic E-state index is -4.57. The maximum Gasteiger partial charge on any atom is 0.418 e. The maximum atomic E-state index is 13.0. The molecule has 1 aromatic carbocycles. The van der Waals surface area contributed by atoms with Crippen LogP contribution in [0.25, 0.3) is 0 Å². The molecule has 1 amide bonds. The van der Waals surface area contributed by atoms with Crippen LogP contribution in [0.4, 0.5) is 18.9 Å². The van der Waals surface area contributed by atoms with Crippen molar-refractivity contribution < 1.29 is 18.0 Å². The predicted molar refractivity (Wildman–Crippen MR) is 79.0 cm³/mol. The van der Waals surface area contributed by atoms with Gasteiger partial charge in [-0.2, -0.15) is 13.2 Å². The molecule has 1 saturated heterocycles. The van der Waals surface area contributed by atoms with E-state index in [-0.39, 0.29) is 17.3 Å². The molecule has 0 atom stereocenters. The number of amides is 1. The van der Waals surface area contributed by atoms with Crippen molar-refractivity contribution >= 4 is 23.2 Å². The van der Waals surface area contributed by atoms with Gasteiger partial charge >= 0.3 is 6.18 Å². The SMILES string of the molecule is O=C(CN1CCCNCC1)Nc1c(Cl)cccc1C(F)(F)F. The van der Waals surface area contributed by atoms with Gasteiger partial charge in [0.2, 0.25) is 5.91 Å². The molecule has 4 nitrogen and oxygen atoms in total. The number of para-hydroxylation sites is 1. The van der Waals surface area contributed by atoms with Crippen LogP contribution < -0.4 is 10.6 Å². The van der Waals surface area contributed by atoms with E-state index in [2.05, 4.69) is 10.6 Å². The smallest absolute Gasteiger partial charge is 0.323 e. The molecule has 2 rings (SSSR count). The number of nitrogens with one attached hydrogen (secondary N) is 2. The number of nitrogens with zero attached hydrogens (tertiary/aromatic N) is 1. The van der Waals surface area contributed by atoms with Crippen molar-refractivity contribution in [1.29, 1.82) is 0 Å². The number of carbonyl (C=O) groups is 1. The molecule has 0 aliphatic carbocycles. The van der Waals surface area contributed by atoms with Crippen molar-refractivity contribution in [2.75, 3.05) is 38.0 Å². The largest absolute Gasteiger partial charge is 0.418 e. The van der Waals surface area contributed by atoms with Gasteiger partial charge in [0.15, 0.2) is 0 Å². The molecule has 2 N–H and O–H groups in total. The Hall–Kier alpha value is -1.31. The lowest BCUT2D eigenvalue weighted by molar-refractivity contribution is -0.137. The molecule has 0 aromatic heterocycles. The number of alkyl halides is 3. The van der Waals surface area contributed by atoms with Gasteiger partial charge in [0, 0.05) is 13.1 Å². The number of hydrogen-bond acceptors (Lipinski definition) is 3. The topological polar surface area (TPSA) is 44.4 Å². The highest BCUT2D eigenvalue weighted by molar-refractivity contribution is 6.34. The van der Waals surface area contributed by atoms with E-state index < -0.39 is 17.6 Å². The summed E-state index contributed by atoms with van der Waals surface area (Å²) in [4.78, 5) is 13.9. The zero-order chi connectivity index (χ0) is 16.2. The van der Waals surface area contributed by atoms with Gasteiger partial charge in [-0.1, -0.05) is 17.7 Å². The van der Waals surface area contributed by atoms with Crippen LogP contribution in [0, 0.1) is 0 Å². The van der Waals surface area contributed by atoms with E-state index in [0.29, 0.717) is 6.54 Å². The summed E-state index contributed by atoms with van der Waals surface area (Å²) in [5.41, 5.74) is -1.32. The molecule has 0 saturated carbocycles. The zero-order valence-corrected chi connectivity index (χ0v) is 12.6. The standard InChI is InChI=1S/C14H17ClF3N3O/c15-11-4-1-3-10(14(16,17)18)13(11)20-12(22)9-21-7-2-5-19-6-8-21/h1,3-4,19H,2,5-9H2,(H,20,22). The molecule has 0 unspecified atom stereocenters. The Morgan fingerprint density at radius 2 is 2.09 bits per heavy atom. The van der Waals surface area contributed by atoms with Gasteiger partial charge in [-0.25, -0.2) is 0 Å². The van der Waals surface area contributed by atoms with Crippen LogP contribution in [0.3, 0.4) is 0 Å². The molecule has 1 fully saturated rings. The van der Waals surface area contributed by atoms with Gasteiger partial charge in [0.1, 0.15) is 0 Å². The van der Waals surface area contributed by atoms with Crippen LogP contribution in [0.2, 0.25) is 5.02 Å². The molecule has 122 valence electrons. The summed E-state index contributed by atoms with van der Waals surface area (Å²) in [5.74, 6) is -0.500. The second-order valence-electron chi connectivity index (χ2n) is 5.09. The van der Waals surface area contributed by atoms with E-state index in [0.717, 1.165) is 32.1 Å². The number of carbonyl (C=O) groups excluding carboxylic acids is 1. The fraction of sp³-hybridized carbons (Fsp3) is 0.500. The third-order valence-electron chi connectivity index (χ3n) is 3.38. The Morgan fingerprint density at radius 1 is 1.32 bits per heavy atom. The van der Waals surface area contributed by atoms with Crippen molar-refractivity contribution in [3.05, 3.63) is 28.8 Å². The van der Waals surface area contributed by atoms with Crippen LogP contribution in [0.15, 0.2) is 18.2 Å². The van der Waals surface area contributed by atoms with Crippen LogP contribution in [0.5, 0.6) is 0 Å². The van der Waals surface area contributed by atoms with E-state index in [1.807, 2.05) is 4.90 Å². The van der Waals surface area contributed by atoms with Crippen LogP contribution in [0.1, 0.15) is 12.0 Å². The first-order chi connectivity index (χ1) is 10.4. The molecule has 0 spiro atoms. The number of hydrogen-bond donors (Lipinski definition) is 2. The summed E-state index contributed by atoms with van der Waals surface area (Å²) in [6, 6.07) is 3.43. The van der Waals surface area contributed by atoms with Crippen molar-refractivity contribution in [3.8, 4) is 0 Å². The minimum Gasteiger partial charge on any atom is -0.323 e. The van der Waals surface area contributed by atoms with E-state index in [1.54, 1.807) is 0 Å². The Balaban J connectivity index is 2.08. The lowest BCUT2D eigenvalue weighted by Crippen LogP contribution is -2.36. The number of anilines is 1. The van der Waals surface area contributed by atoms with Gasteiger partial charge < -0.3 is 10.6 Å². The Kier molecular flexibility index (Phi) is 5.66. The first-order valence-electron chi connectivity index (χ1n) is 6.96. The lowest BCUT2D eigenvalue weighted by atomic mass is 10.1. The number of rotatable bonds is 3. The molecular formula is C14H17ClF3N3O. The highest BCUT2D eigenvalue weighted by Crippen LogP contribution is 2.38. The number of benzene rings is 1. The molecule has 8 heteroatoms. The fourth-order valence-corrected chi connectivity index (χ4v) is 2.55. The predicted octanol–water partition coefficient (Wildman–Crippen LogP) is 2.59. The van der Waals surface area contributed by atoms with Crippen LogP contribution >= 0.6 is 11.6 Å². The van der Waals surface area contributed by atoms with Crippen molar-refractivity contribution in [2.45, 2.75) is 12.6 Å². The molecule has 22 heavy (non-hydrogen) atoms. The second-order valence-corrected chi connectivity index (χ2v) is 5.50. The van der Waals surface area contributed by atoms with E-state index in [1.165, 1.54) is 12.1 Å². The monoisotopic (exact) mass is 335 g/mol. The van der Waals surface area contributed by atoms with Crippen LogP contribution in [-0.4, -0.2) is 43.5 Å². The molecule has 1 aromatic rings. The van der Waals surface area contributed by atoms with E-state index in [4.69, 9.17) is 11.6 Å². The highest BCUT2D eigenvalue weighted by atomic mass is 35.5. The van der Waals surface area contributed by atoms with Gasteiger partial charge in [0.05, 0.1) is 22.8 Å². The number of halogens is 4. The van der Waals surface area contributed by atoms with Gasteiger partial charge in [-0.05, 0) is 31.6 Å². The summed E-state index contributed by atoms with van der Waals surface area (Å²) in [7, 11) is 0. The van der Waals surface area contributed by atoms with Crippen LogP contribution in [-0.2, 0) is 11.0 Å². The average molecular weight is 336 g/mol. The summed E-state index contributed by atoms with van der Waals surface area (Å²) >= 11 is 5.81. The molecular weight excluding hydrogens is 319 g/mol. The Morgan fingerprint density at radius 3 is 2.82 bits per heavy atom. The van der Waals surface area contributed by atoms with Gasteiger partial charge in [-0.15, -0.1) is 0 Å². The van der Waals surface area contributed by atoms with E-state index >= 15 is 0 Å². The van der Waals surface area contributed by atoms with Crippen molar-refractivity contribution in [1.82, 2.24) is 10.2 Å². The molecule has 0 bridgehead atoms. The summed E-state index contributed by atoms with van der Waals surface area (Å²) in [6.07, 6.45) is -3.67. The third-order valence-corrected chi connectivity index (χ3v) is 3.70. The minimum absolute atomic E-state index is 0.0458. The normalized spacial score (nSPS) is 17.1. The molecule has 1 aliphatic heterocycles. The third kappa shape index (κ3) is 4.59. The fourth-order valence-electron chi connectivity index (χ4n) is 2.33. The van der Waals surface area contributed by atoms with Crippen molar-refractivity contribution in [3.63, 3.8) is 0 Å². The average Bonchev–Trinajstić information content (AvgIpc) is 2.68. The highest BCUT2D eigenvalue weighted by Gasteiger charge is 2.34. The summed E-state index contributed by atoms with van der Waals surface area (Å²) < 4.78 is 38.9. The van der Waals surface area contributed by atoms with E-state index in [9.17, 15) is 18.0 Å². The quantitative estimate of drug-likeness (QED) is 0.892. The maximum absolute atomic E-state index is 13.0. The molecule has 1 heterocycles. The Bertz CT molecular complexity index is 529. The van der Waals surface area contributed by atoms with Gasteiger partial charge in [-0.3, -0.25) is 9.69 Å². The molecule has 1 aliphatic rings. The summed E-state index contributed by atoms with van der Waals surface area (Å²) in [5, 5.41) is 5.37. The molecule has 0 radical (unpaired) electrons. The van der Waals surface area contributed by atoms with Gasteiger partial charge in [0.25, 0.3) is 0 Å². The zero-order valence-electron chi connectivity index (χ0n) is 11.8.